The van der Waals surface area contributed by atoms with Crippen LogP contribution in [0.15, 0.2) is 35.3 Å². The van der Waals surface area contributed by atoms with E-state index in [-0.39, 0.29) is 0 Å². The highest BCUT2D eigenvalue weighted by Crippen LogP contribution is 2.19. The molecular weight excluding hydrogens is 244 g/mol. The molecule has 0 aliphatic rings. The minimum Gasteiger partial charge on any atom is -0.377 e. The molecule has 0 unspecified atom stereocenters. The Balaban J connectivity index is 2.02. The van der Waals surface area contributed by atoms with Crippen LogP contribution in [0.1, 0.15) is 5.82 Å². The molecule has 0 aliphatic carbocycles. The first-order chi connectivity index (χ1) is 6.86. The summed E-state index contributed by atoms with van der Waals surface area (Å²) in [6, 6.07) is 1.91. The predicted molar refractivity (Wildman–Crippen MR) is 57.9 cm³/mol. The molecule has 14 heavy (non-hydrogen) atoms. The molecule has 0 amide bonds. The van der Waals surface area contributed by atoms with E-state index in [0.717, 1.165) is 16.0 Å². The second-order valence-corrected chi connectivity index (χ2v) is 3.60. The van der Waals surface area contributed by atoms with Gasteiger partial charge in [-0.25, -0.2) is 4.98 Å². The van der Waals surface area contributed by atoms with Crippen molar-refractivity contribution in [1.82, 2.24) is 15.0 Å². The van der Waals surface area contributed by atoms with Gasteiger partial charge in [-0.3, -0.25) is 4.98 Å². The number of imidazole rings is 1. The van der Waals surface area contributed by atoms with Crippen LogP contribution in [0.4, 0.5) is 5.69 Å². The Hall–Kier alpha value is -1.36. The zero-order chi connectivity index (χ0) is 9.80. The van der Waals surface area contributed by atoms with Gasteiger partial charge in [0.05, 0.1) is 16.7 Å². The van der Waals surface area contributed by atoms with Gasteiger partial charge in [-0.2, -0.15) is 0 Å². The van der Waals surface area contributed by atoms with E-state index in [1.165, 1.54) is 0 Å². The minimum atomic E-state index is 0.676. The van der Waals surface area contributed by atoms with Crippen molar-refractivity contribution >= 4 is 21.6 Å². The van der Waals surface area contributed by atoms with Gasteiger partial charge in [-0.05, 0) is 22.0 Å². The van der Waals surface area contributed by atoms with Crippen LogP contribution in [-0.2, 0) is 6.54 Å². The molecule has 72 valence electrons. The smallest absolute Gasteiger partial charge is 0.125 e. The maximum absolute atomic E-state index is 4.11. The van der Waals surface area contributed by atoms with Crippen LogP contribution >= 0.6 is 15.9 Å². The molecule has 0 radical (unpaired) electrons. The fourth-order valence-electron chi connectivity index (χ4n) is 1.09. The summed E-state index contributed by atoms with van der Waals surface area (Å²) in [5.74, 6) is 0.911. The predicted octanol–water partition coefficient (Wildman–Crippen LogP) is 2.18. The third-order valence-corrected chi connectivity index (χ3v) is 2.41. The molecule has 5 heteroatoms. The number of nitrogens with zero attached hydrogens (tertiary/aromatic N) is 2. The van der Waals surface area contributed by atoms with Crippen LogP contribution in [-0.4, -0.2) is 15.0 Å². The van der Waals surface area contributed by atoms with E-state index in [1.807, 2.05) is 6.07 Å². The number of aromatic amines is 1. The second kappa shape index (κ2) is 4.23. The van der Waals surface area contributed by atoms with Crippen molar-refractivity contribution in [1.29, 1.82) is 0 Å². The maximum Gasteiger partial charge on any atom is 0.125 e. The SMILES string of the molecule is Brc1cnccc1NCc1ncc[nH]1. The fourth-order valence-corrected chi connectivity index (χ4v) is 1.48. The highest BCUT2D eigenvalue weighted by atomic mass is 79.9. The van der Waals surface area contributed by atoms with E-state index < -0.39 is 0 Å². The number of hydrogen-bond donors (Lipinski definition) is 2. The van der Waals surface area contributed by atoms with Crippen molar-refractivity contribution in [2.75, 3.05) is 5.32 Å². The van der Waals surface area contributed by atoms with Gasteiger partial charge in [-0.1, -0.05) is 0 Å². The Labute approximate surface area is 89.9 Å². The summed E-state index contributed by atoms with van der Waals surface area (Å²) in [5, 5.41) is 3.23. The summed E-state index contributed by atoms with van der Waals surface area (Å²) in [5.41, 5.74) is 1.01. The number of aromatic nitrogens is 3. The molecule has 0 atom stereocenters. The molecule has 2 heterocycles. The van der Waals surface area contributed by atoms with Gasteiger partial charge < -0.3 is 10.3 Å². The van der Waals surface area contributed by atoms with E-state index in [1.54, 1.807) is 24.8 Å². The van der Waals surface area contributed by atoms with E-state index >= 15 is 0 Å². The lowest BCUT2D eigenvalue weighted by atomic mass is 10.4. The minimum absolute atomic E-state index is 0.676. The van der Waals surface area contributed by atoms with E-state index in [9.17, 15) is 0 Å². The zero-order valence-corrected chi connectivity index (χ0v) is 8.95. The number of hydrogen-bond acceptors (Lipinski definition) is 3. The van der Waals surface area contributed by atoms with Gasteiger partial charge in [0.15, 0.2) is 0 Å². The summed E-state index contributed by atoms with van der Waals surface area (Å²) in [6.45, 7) is 0.676. The quantitative estimate of drug-likeness (QED) is 0.881. The first kappa shape index (κ1) is 9.21. The van der Waals surface area contributed by atoms with Gasteiger partial charge in [0.2, 0.25) is 0 Å². The van der Waals surface area contributed by atoms with Gasteiger partial charge in [-0.15, -0.1) is 0 Å². The third kappa shape index (κ3) is 2.11. The standard InChI is InChI=1S/C9H9BrN4/c10-7-5-11-2-1-8(7)14-6-9-12-3-4-13-9/h1-5H,6H2,(H,11,14)(H,12,13). The van der Waals surface area contributed by atoms with E-state index in [4.69, 9.17) is 0 Å². The van der Waals surface area contributed by atoms with Crippen molar-refractivity contribution in [3.63, 3.8) is 0 Å². The lowest BCUT2D eigenvalue weighted by molar-refractivity contribution is 0.997. The Morgan fingerprint density at radius 1 is 1.43 bits per heavy atom. The summed E-state index contributed by atoms with van der Waals surface area (Å²) in [6.07, 6.45) is 7.04. The topological polar surface area (TPSA) is 53.6 Å². The Bertz CT molecular complexity index is 399. The number of nitrogens with one attached hydrogen (secondary N) is 2. The molecule has 0 bridgehead atoms. The lowest BCUT2D eigenvalue weighted by Crippen LogP contribution is -2.01. The Kier molecular flexibility index (Phi) is 2.78. The molecule has 0 saturated carbocycles. The molecular formula is C9H9BrN4. The average molecular weight is 253 g/mol. The van der Waals surface area contributed by atoms with Crippen molar-refractivity contribution in [2.45, 2.75) is 6.54 Å². The molecule has 0 aromatic carbocycles. The molecule has 0 saturated heterocycles. The van der Waals surface area contributed by atoms with Crippen molar-refractivity contribution in [3.8, 4) is 0 Å². The normalized spacial score (nSPS) is 10.1. The van der Waals surface area contributed by atoms with Crippen LogP contribution < -0.4 is 5.32 Å². The second-order valence-electron chi connectivity index (χ2n) is 2.74. The monoisotopic (exact) mass is 252 g/mol. The van der Waals surface area contributed by atoms with Gasteiger partial charge in [0, 0.05) is 24.8 Å². The Morgan fingerprint density at radius 3 is 3.07 bits per heavy atom. The summed E-state index contributed by atoms with van der Waals surface area (Å²) in [4.78, 5) is 11.1. The Morgan fingerprint density at radius 2 is 2.36 bits per heavy atom. The molecule has 2 rings (SSSR count). The molecule has 0 spiro atoms. The molecule has 2 aromatic rings. The fraction of sp³-hybridized carbons (Fsp3) is 0.111. The van der Waals surface area contributed by atoms with Crippen LogP contribution in [0.25, 0.3) is 0 Å². The number of pyridine rings is 1. The molecule has 0 aliphatic heterocycles. The molecule has 2 N–H and O–H groups in total. The van der Waals surface area contributed by atoms with Crippen molar-refractivity contribution < 1.29 is 0 Å². The summed E-state index contributed by atoms with van der Waals surface area (Å²) >= 11 is 3.40. The number of rotatable bonds is 3. The average Bonchev–Trinajstić information content (AvgIpc) is 2.69. The molecule has 0 fully saturated rings. The first-order valence-corrected chi connectivity index (χ1v) is 4.97. The number of H-pyrrole nitrogens is 1. The van der Waals surface area contributed by atoms with Crippen LogP contribution in [0.2, 0.25) is 0 Å². The highest BCUT2D eigenvalue weighted by Gasteiger charge is 1.98. The number of halogens is 1. The van der Waals surface area contributed by atoms with Crippen molar-refractivity contribution in [3.05, 3.63) is 41.2 Å². The maximum atomic E-state index is 4.11. The highest BCUT2D eigenvalue weighted by molar-refractivity contribution is 9.10. The van der Waals surface area contributed by atoms with Gasteiger partial charge in [0.1, 0.15) is 5.82 Å². The van der Waals surface area contributed by atoms with Crippen LogP contribution in [0.5, 0.6) is 0 Å². The zero-order valence-electron chi connectivity index (χ0n) is 7.37. The van der Waals surface area contributed by atoms with Gasteiger partial charge >= 0.3 is 0 Å². The van der Waals surface area contributed by atoms with Crippen molar-refractivity contribution in [2.24, 2.45) is 0 Å². The van der Waals surface area contributed by atoms with Gasteiger partial charge in [0.25, 0.3) is 0 Å². The summed E-state index contributed by atoms with van der Waals surface area (Å²) < 4.78 is 0.951. The third-order valence-electron chi connectivity index (χ3n) is 1.77. The molecule has 2 aromatic heterocycles. The van der Waals surface area contributed by atoms with E-state index in [2.05, 4.69) is 36.2 Å². The number of anilines is 1. The van der Waals surface area contributed by atoms with E-state index in [0.29, 0.717) is 6.54 Å². The lowest BCUT2D eigenvalue weighted by Gasteiger charge is -2.05. The summed E-state index contributed by atoms with van der Waals surface area (Å²) in [7, 11) is 0. The molecule has 4 nitrogen and oxygen atoms in total. The first-order valence-electron chi connectivity index (χ1n) is 4.18. The largest absolute Gasteiger partial charge is 0.377 e. The van der Waals surface area contributed by atoms with Crippen LogP contribution in [0.3, 0.4) is 0 Å². The van der Waals surface area contributed by atoms with Crippen LogP contribution in [0, 0.1) is 0 Å².